The summed E-state index contributed by atoms with van der Waals surface area (Å²) in [6, 6.07) is 6.04. The highest BCUT2D eigenvalue weighted by molar-refractivity contribution is 5.73. The number of aliphatic carboxylic acids is 1. The number of carboxylic acid groups (broad SMARTS) is 1. The molecule has 7 nitrogen and oxygen atoms in total. The molecule has 2 heterocycles. The second-order valence-electron chi connectivity index (χ2n) is 6.75. The summed E-state index contributed by atoms with van der Waals surface area (Å²) in [4.78, 5) is 19.4. The van der Waals surface area contributed by atoms with Crippen molar-refractivity contribution in [2.75, 3.05) is 18.5 Å². The van der Waals surface area contributed by atoms with Crippen molar-refractivity contribution in [3.05, 3.63) is 30.6 Å². The third-order valence-electron chi connectivity index (χ3n) is 3.99. The van der Waals surface area contributed by atoms with Crippen molar-refractivity contribution in [2.24, 2.45) is 5.41 Å². The van der Waals surface area contributed by atoms with Crippen molar-refractivity contribution < 1.29 is 19.4 Å². The SMILES string of the molecule is CC1CNc2ccc(-c3cnc(OCC(C)(C)C(=O)O)nc3)cc2O1. The number of aromatic nitrogens is 2. The molecular weight excluding hydrogens is 322 g/mol. The van der Waals surface area contributed by atoms with Crippen molar-refractivity contribution in [2.45, 2.75) is 26.9 Å². The van der Waals surface area contributed by atoms with E-state index in [0.29, 0.717) is 0 Å². The molecule has 0 fully saturated rings. The van der Waals surface area contributed by atoms with Crippen molar-refractivity contribution in [1.82, 2.24) is 9.97 Å². The molecule has 1 aliphatic heterocycles. The van der Waals surface area contributed by atoms with Gasteiger partial charge in [0.2, 0.25) is 0 Å². The Balaban J connectivity index is 1.72. The Morgan fingerprint density at radius 3 is 2.76 bits per heavy atom. The van der Waals surface area contributed by atoms with Crippen LogP contribution < -0.4 is 14.8 Å². The summed E-state index contributed by atoms with van der Waals surface area (Å²) in [6.45, 7) is 5.97. The highest BCUT2D eigenvalue weighted by Gasteiger charge is 2.28. The number of anilines is 1. The molecule has 25 heavy (non-hydrogen) atoms. The van der Waals surface area contributed by atoms with Gasteiger partial charge >= 0.3 is 12.0 Å². The van der Waals surface area contributed by atoms with Gasteiger partial charge in [-0.3, -0.25) is 4.79 Å². The van der Waals surface area contributed by atoms with Gasteiger partial charge < -0.3 is 19.9 Å². The van der Waals surface area contributed by atoms with Crippen molar-refractivity contribution in [3.63, 3.8) is 0 Å². The van der Waals surface area contributed by atoms with E-state index in [4.69, 9.17) is 14.6 Å². The van der Waals surface area contributed by atoms with Crippen LogP contribution in [0.5, 0.6) is 11.8 Å². The zero-order valence-electron chi connectivity index (χ0n) is 14.4. The molecule has 2 aromatic rings. The molecular formula is C18H21N3O4. The largest absolute Gasteiger partial charge is 0.487 e. The predicted octanol–water partition coefficient (Wildman–Crippen LogP) is 2.83. The van der Waals surface area contributed by atoms with Crippen LogP contribution >= 0.6 is 0 Å². The van der Waals surface area contributed by atoms with Gasteiger partial charge in [0.25, 0.3) is 0 Å². The first kappa shape index (κ1) is 17.0. The van der Waals surface area contributed by atoms with Crippen LogP contribution in [0.2, 0.25) is 0 Å². The monoisotopic (exact) mass is 343 g/mol. The molecule has 132 valence electrons. The van der Waals surface area contributed by atoms with Gasteiger partial charge in [0.05, 0.1) is 17.6 Å². The summed E-state index contributed by atoms with van der Waals surface area (Å²) in [5.41, 5.74) is 1.74. The van der Waals surface area contributed by atoms with E-state index >= 15 is 0 Å². The van der Waals surface area contributed by atoms with E-state index in [-0.39, 0.29) is 18.7 Å². The van der Waals surface area contributed by atoms with Crippen molar-refractivity contribution in [3.8, 4) is 22.9 Å². The van der Waals surface area contributed by atoms with E-state index in [0.717, 1.165) is 29.1 Å². The van der Waals surface area contributed by atoms with E-state index in [9.17, 15) is 4.79 Å². The number of ether oxygens (including phenoxy) is 2. The van der Waals surface area contributed by atoms with Gasteiger partial charge in [-0.25, -0.2) is 9.97 Å². The Labute approximate surface area is 146 Å². The molecule has 0 spiro atoms. The highest BCUT2D eigenvalue weighted by Crippen LogP contribution is 2.33. The maximum atomic E-state index is 11.1. The second-order valence-corrected chi connectivity index (χ2v) is 6.75. The molecule has 0 bridgehead atoms. The number of hydrogen-bond acceptors (Lipinski definition) is 6. The summed E-state index contributed by atoms with van der Waals surface area (Å²) in [6.07, 6.45) is 3.42. The van der Waals surface area contributed by atoms with Crippen LogP contribution in [0.3, 0.4) is 0 Å². The van der Waals surface area contributed by atoms with E-state index in [1.54, 1.807) is 26.2 Å². The number of fused-ring (bicyclic) bond motifs is 1. The first-order valence-corrected chi connectivity index (χ1v) is 8.08. The molecule has 1 aliphatic rings. The summed E-state index contributed by atoms with van der Waals surface area (Å²) in [5, 5.41) is 12.4. The van der Waals surface area contributed by atoms with Gasteiger partial charge in [0, 0.05) is 18.0 Å². The Morgan fingerprint density at radius 1 is 1.36 bits per heavy atom. The molecule has 1 atom stereocenters. The number of carbonyl (C=O) groups is 1. The zero-order chi connectivity index (χ0) is 18.0. The maximum Gasteiger partial charge on any atom is 0.316 e. The summed E-state index contributed by atoms with van der Waals surface area (Å²) in [5.74, 6) is -0.124. The lowest BCUT2D eigenvalue weighted by atomic mass is 9.95. The van der Waals surface area contributed by atoms with Gasteiger partial charge in [0.15, 0.2) is 0 Å². The smallest absolute Gasteiger partial charge is 0.316 e. The normalized spacial score (nSPS) is 16.4. The molecule has 1 aromatic carbocycles. The highest BCUT2D eigenvalue weighted by atomic mass is 16.5. The first-order chi connectivity index (χ1) is 11.8. The summed E-state index contributed by atoms with van der Waals surface area (Å²) in [7, 11) is 0. The molecule has 0 radical (unpaired) electrons. The molecule has 1 aromatic heterocycles. The molecule has 0 aliphatic carbocycles. The fraction of sp³-hybridized carbons (Fsp3) is 0.389. The van der Waals surface area contributed by atoms with Crippen LogP contribution in [0.15, 0.2) is 30.6 Å². The standard InChI is InChI=1S/C18H21N3O4/c1-11-7-19-14-5-4-12(6-15(14)25-11)13-8-20-17(21-9-13)24-10-18(2,3)16(22)23/h4-6,8-9,11,19H,7,10H2,1-3H3,(H,22,23). The van der Waals surface area contributed by atoms with Crippen LogP contribution in [0, 0.1) is 5.41 Å². The van der Waals surface area contributed by atoms with E-state index in [1.807, 2.05) is 25.1 Å². The molecule has 1 unspecified atom stereocenters. The maximum absolute atomic E-state index is 11.1. The number of hydrogen-bond donors (Lipinski definition) is 2. The minimum atomic E-state index is -0.998. The van der Waals surface area contributed by atoms with E-state index in [1.165, 1.54) is 0 Å². The quantitative estimate of drug-likeness (QED) is 0.862. The van der Waals surface area contributed by atoms with Crippen LogP contribution in [0.25, 0.3) is 11.1 Å². The first-order valence-electron chi connectivity index (χ1n) is 8.08. The number of nitrogens with zero attached hydrogens (tertiary/aromatic N) is 2. The van der Waals surface area contributed by atoms with Crippen LogP contribution in [0.4, 0.5) is 5.69 Å². The number of nitrogens with one attached hydrogen (secondary N) is 1. The van der Waals surface area contributed by atoms with Crippen LogP contribution in [-0.4, -0.2) is 40.3 Å². The average Bonchev–Trinajstić information content (AvgIpc) is 2.59. The van der Waals surface area contributed by atoms with Crippen molar-refractivity contribution >= 4 is 11.7 Å². The molecule has 2 N–H and O–H groups in total. The second kappa shape index (κ2) is 6.58. The van der Waals surface area contributed by atoms with Crippen LogP contribution in [0.1, 0.15) is 20.8 Å². The predicted molar refractivity (Wildman–Crippen MR) is 93.0 cm³/mol. The van der Waals surface area contributed by atoms with Crippen LogP contribution in [-0.2, 0) is 4.79 Å². The Morgan fingerprint density at radius 2 is 2.08 bits per heavy atom. The topological polar surface area (TPSA) is 93.6 Å². The van der Waals surface area contributed by atoms with Gasteiger partial charge in [0.1, 0.15) is 18.5 Å². The van der Waals surface area contributed by atoms with E-state index < -0.39 is 11.4 Å². The summed E-state index contributed by atoms with van der Waals surface area (Å²) >= 11 is 0. The van der Waals surface area contributed by atoms with Gasteiger partial charge in [-0.05, 0) is 38.5 Å². The molecule has 3 rings (SSSR count). The number of rotatable bonds is 5. The molecule has 0 amide bonds. The molecule has 7 heteroatoms. The number of carboxylic acids is 1. The van der Waals surface area contributed by atoms with Gasteiger partial charge in [-0.1, -0.05) is 6.07 Å². The van der Waals surface area contributed by atoms with Crippen molar-refractivity contribution in [1.29, 1.82) is 0 Å². The third-order valence-corrected chi connectivity index (χ3v) is 3.99. The number of benzene rings is 1. The third kappa shape index (κ3) is 3.81. The van der Waals surface area contributed by atoms with Gasteiger partial charge in [-0.15, -0.1) is 0 Å². The Kier molecular flexibility index (Phi) is 4.48. The Bertz CT molecular complexity index is 774. The van der Waals surface area contributed by atoms with Gasteiger partial charge in [-0.2, -0.15) is 0 Å². The Hall–Kier alpha value is -2.83. The molecule has 0 saturated carbocycles. The fourth-order valence-electron chi connectivity index (χ4n) is 2.30. The minimum absolute atomic E-state index is 0.00206. The lowest BCUT2D eigenvalue weighted by molar-refractivity contribution is -0.148. The summed E-state index contributed by atoms with van der Waals surface area (Å²) < 4.78 is 11.2. The minimum Gasteiger partial charge on any atom is -0.487 e. The fourth-order valence-corrected chi connectivity index (χ4v) is 2.30. The van der Waals surface area contributed by atoms with E-state index in [2.05, 4.69) is 15.3 Å². The average molecular weight is 343 g/mol. The lowest BCUT2D eigenvalue weighted by Crippen LogP contribution is -2.31. The lowest BCUT2D eigenvalue weighted by Gasteiger charge is -2.25. The molecule has 0 saturated heterocycles. The zero-order valence-corrected chi connectivity index (χ0v) is 14.4.